The first kappa shape index (κ1) is 12.2. The number of carbonyl (C=O) groups is 1. The SMILES string of the molecule is C=C1OC(=O)C=C1Cc1ccc(OC)cc1OC. The maximum Gasteiger partial charge on any atom is 0.336 e. The van der Waals surface area contributed by atoms with Crippen LogP contribution in [-0.4, -0.2) is 20.2 Å². The van der Waals surface area contributed by atoms with Crippen molar-refractivity contribution in [2.45, 2.75) is 6.42 Å². The van der Waals surface area contributed by atoms with Crippen molar-refractivity contribution in [2.75, 3.05) is 14.2 Å². The Hall–Kier alpha value is -2.23. The van der Waals surface area contributed by atoms with Crippen LogP contribution in [0.4, 0.5) is 0 Å². The third-order valence-electron chi connectivity index (χ3n) is 2.75. The first-order valence-corrected chi connectivity index (χ1v) is 5.46. The molecule has 1 heterocycles. The smallest absolute Gasteiger partial charge is 0.336 e. The lowest BCUT2D eigenvalue weighted by molar-refractivity contribution is -0.132. The second-order valence-corrected chi connectivity index (χ2v) is 3.87. The van der Waals surface area contributed by atoms with E-state index in [0.29, 0.717) is 17.9 Å². The van der Waals surface area contributed by atoms with Crippen LogP contribution in [0.1, 0.15) is 5.56 Å². The van der Waals surface area contributed by atoms with E-state index >= 15 is 0 Å². The number of esters is 1. The number of carbonyl (C=O) groups excluding carboxylic acids is 1. The summed E-state index contributed by atoms with van der Waals surface area (Å²) >= 11 is 0. The van der Waals surface area contributed by atoms with Crippen molar-refractivity contribution in [1.29, 1.82) is 0 Å². The highest BCUT2D eigenvalue weighted by atomic mass is 16.5. The van der Waals surface area contributed by atoms with E-state index in [0.717, 1.165) is 16.9 Å². The van der Waals surface area contributed by atoms with Gasteiger partial charge in [0, 0.05) is 24.1 Å². The zero-order valence-corrected chi connectivity index (χ0v) is 10.4. The first-order chi connectivity index (χ1) is 8.63. The van der Waals surface area contributed by atoms with Gasteiger partial charge in [-0.1, -0.05) is 12.6 Å². The molecule has 0 aliphatic carbocycles. The van der Waals surface area contributed by atoms with Gasteiger partial charge in [0.2, 0.25) is 0 Å². The van der Waals surface area contributed by atoms with Crippen molar-refractivity contribution in [1.82, 2.24) is 0 Å². The fraction of sp³-hybridized carbons (Fsp3) is 0.214. The average molecular weight is 246 g/mol. The van der Waals surface area contributed by atoms with E-state index in [1.807, 2.05) is 12.1 Å². The van der Waals surface area contributed by atoms with Crippen LogP contribution < -0.4 is 9.47 Å². The molecule has 0 saturated heterocycles. The lowest BCUT2D eigenvalue weighted by atomic mass is 10.0. The molecule has 0 N–H and O–H groups in total. The molecule has 0 fully saturated rings. The Morgan fingerprint density at radius 2 is 2.06 bits per heavy atom. The molecule has 1 aliphatic rings. The Morgan fingerprint density at radius 3 is 2.61 bits per heavy atom. The van der Waals surface area contributed by atoms with E-state index in [1.165, 1.54) is 6.08 Å². The number of allylic oxidation sites excluding steroid dienone is 1. The van der Waals surface area contributed by atoms with Gasteiger partial charge in [-0.25, -0.2) is 4.79 Å². The largest absolute Gasteiger partial charge is 0.497 e. The standard InChI is InChI=1S/C14H14O4/c1-9-11(7-14(15)18-9)6-10-4-5-12(16-2)8-13(10)17-3/h4-5,7-8H,1,6H2,2-3H3. The summed E-state index contributed by atoms with van der Waals surface area (Å²) in [5, 5.41) is 0. The van der Waals surface area contributed by atoms with Gasteiger partial charge in [-0.05, 0) is 11.6 Å². The zero-order chi connectivity index (χ0) is 13.1. The van der Waals surface area contributed by atoms with Crippen molar-refractivity contribution < 1.29 is 19.0 Å². The molecule has 0 spiro atoms. The summed E-state index contributed by atoms with van der Waals surface area (Å²) in [6, 6.07) is 5.55. The topological polar surface area (TPSA) is 44.8 Å². The summed E-state index contributed by atoms with van der Waals surface area (Å²) < 4.78 is 15.3. The van der Waals surface area contributed by atoms with E-state index in [4.69, 9.17) is 14.2 Å². The van der Waals surface area contributed by atoms with Gasteiger partial charge >= 0.3 is 5.97 Å². The number of benzene rings is 1. The summed E-state index contributed by atoms with van der Waals surface area (Å²) in [6.07, 6.45) is 1.99. The van der Waals surface area contributed by atoms with Crippen LogP contribution in [0.2, 0.25) is 0 Å². The molecule has 2 rings (SSSR count). The monoisotopic (exact) mass is 246 g/mol. The summed E-state index contributed by atoms with van der Waals surface area (Å²) in [5.41, 5.74) is 1.72. The molecule has 1 aromatic carbocycles. The van der Waals surface area contributed by atoms with Gasteiger partial charge < -0.3 is 14.2 Å². The van der Waals surface area contributed by atoms with Crippen LogP contribution in [0.15, 0.2) is 42.2 Å². The molecule has 4 heteroatoms. The van der Waals surface area contributed by atoms with Crippen molar-refractivity contribution in [3.8, 4) is 11.5 Å². The summed E-state index contributed by atoms with van der Waals surface area (Å²) in [5.74, 6) is 1.46. The number of methoxy groups -OCH3 is 2. The van der Waals surface area contributed by atoms with E-state index in [-0.39, 0.29) is 5.97 Å². The van der Waals surface area contributed by atoms with E-state index in [2.05, 4.69) is 6.58 Å². The van der Waals surface area contributed by atoms with Crippen molar-refractivity contribution in [3.63, 3.8) is 0 Å². The molecular weight excluding hydrogens is 232 g/mol. The maximum atomic E-state index is 11.1. The number of cyclic esters (lactones) is 1. The fourth-order valence-electron chi connectivity index (χ4n) is 1.79. The molecular formula is C14H14O4. The van der Waals surface area contributed by atoms with Gasteiger partial charge in [-0.2, -0.15) is 0 Å². The minimum Gasteiger partial charge on any atom is -0.497 e. The third-order valence-corrected chi connectivity index (χ3v) is 2.75. The number of hydrogen-bond donors (Lipinski definition) is 0. The quantitative estimate of drug-likeness (QED) is 0.764. The molecule has 0 aromatic heterocycles. The van der Waals surface area contributed by atoms with Crippen LogP contribution in [-0.2, 0) is 16.0 Å². The van der Waals surface area contributed by atoms with Gasteiger partial charge in [-0.15, -0.1) is 0 Å². The summed E-state index contributed by atoms with van der Waals surface area (Å²) in [6.45, 7) is 3.69. The molecule has 0 atom stereocenters. The van der Waals surface area contributed by atoms with Crippen LogP contribution in [0.3, 0.4) is 0 Å². The van der Waals surface area contributed by atoms with E-state index in [9.17, 15) is 4.79 Å². The second-order valence-electron chi connectivity index (χ2n) is 3.87. The minimum absolute atomic E-state index is 0.373. The van der Waals surface area contributed by atoms with Gasteiger partial charge in [0.15, 0.2) is 0 Å². The summed E-state index contributed by atoms with van der Waals surface area (Å²) in [4.78, 5) is 11.1. The van der Waals surface area contributed by atoms with Crippen LogP contribution in [0.5, 0.6) is 11.5 Å². The van der Waals surface area contributed by atoms with Crippen molar-refractivity contribution >= 4 is 5.97 Å². The zero-order valence-electron chi connectivity index (χ0n) is 10.4. The third kappa shape index (κ3) is 2.37. The molecule has 0 bridgehead atoms. The van der Waals surface area contributed by atoms with E-state index in [1.54, 1.807) is 20.3 Å². The van der Waals surface area contributed by atoms with Crippen molar-refractivity contribution in [3.05, 3.63) is 47.7 Å². The van der Waals surface area contributed by atoms with Gasteiger partial charge in [0.25, 0.3) is 0 Å². The Morgan fingerprint density at radius 1 is 1.28 bits per heavy atom. The molecule has 1 aromatic rings. The Labute approximate surface area is 105 Å². The number of rotatable bonds is 4. The molecule has 0 radical (unpaired) electrons. The van der Waals surface area contributed by atoms with Gasteiger partial charge in [0.1, 0.15) is 17.3 Å². The predicted octanol–water partition coefficient (Wildman–Crippen LogP) is 2.24. The Kier molecular flexibility index (Phi) is 3.37. The normalized spacial score (nSPS) is 14.2. The molecule has 0 saturated carbocycles. The lowest BCUT2D eigenvalue weighted by Gasteiger charge is -2.10. The van der Waals surface area contributed by atoms with Gasteiger partial charge in [0.05, 0.1) is 14.2 Å². The fourth-order valence-corrected chi connectivity index (χ4v) is 1.79. The van der Waals surface area contributed by atoms with Crippen LogP contribution in [0.25, 0.3) is 0 Å². The molecule has 0 amide bonds. The predicted molar refractivity (Wildman–Crippen MR) is 66.6 cm³/mol. The number of hydrogen-bond acceptors (Lipinski definition) is 4. The average Bonchev–Trinajstić information content (AvgIpc) is 2.68. The second kappa shape index (κ2) is 4.96. The first-order valence-electron chi connectivity index (χ1n) is 5.46. The highest BCUT2D eigenvalue weighted by molar-refractivity contribution is 5.88. The van der Waals surface area contributed by atoms with Crippen molar-refractivity contribution in [2.24, 2.45) is 0 Å². The number of ether oxygens (including phenoxy) is 3. The molecule has 18 heavy (non-hydrogen) atoms. The molecule has 0 unspecified atom stereocenters. The van der Waals surface area contributed by atoms with Crippen LogP contribution >= 0.6 is 0 Å². The van der Waals surface area contributed by atoms with E-state index < -0.39 is 0 Å². The minimum atomic E-state index is -0.373. The Bertz CT molecular complexity index is 529. The Balaban J connectivity index is 2.26. The molecule has 4 nitrogen and oxygen atoms in total. The molecule has 1 aliphatic heterocycles. The highest BCUT2D eigenvalue weighted by Gasteiger charge is 2.19. The highest BCUT2D eigenvalue weighted by Crippen LogP contribution is 2.29. The van der Waals surface area contributed by atoms with Gasteiger partial charge in [-0.3, -0.25) is 0 Å². The molecule has 94 valence electrons. The maximum absolute atomic E-state index is 11.1. The summed E-state index contributed by atoms with van der Waals surface area (Å²) in [7, 11) is 3.19. The lowest BCUT2D eigenvalue weighted by Crippen LogP contribution is -1.96. The van der Waals surface area contributed by atoms with Crippen LogP contribution in [0, 0.1) is 0 Å².